The van der Waals surface area contributed by atoms with Crippen LogP contribution in [0.25, 0.3) is 0 Å². The van der Waals surface area contributed by atoms with Gasteiger partial charge in [0.15, 0.2) is 0 Å². The lowest BCUT2D eigenvalue weighted by Crippen LogP contribution is -2.47. The van der Waals surface area contributed by atoms with Crippen molar-refractivity contribution in [2.45, 2.75) is 38.8 Å². The molecule has 0 radical (unpaired) electrons. The second kappa shape index (κ2) is 4.39. The maximum absolute atomic E-state index is 11.0. The monoisotopic (exact) mass is 212 g/mol. The molecular formula is C11H20N2O2. The Bertz CT molecular complexity index is 243. The Hall–Kier alpha value is -0.770. The van der Waals surface area contributed by atoms with E-state index in [2.05, 4.69) is 24.1 Å². The van der Waals surface area contributed by atoms with Gasteiger partial charge >= 0.3 is 6.09 Å². The number of nitrogens with zero attached hydrogens (tertiary/aromatic N) is 1. The summed E-state index contributed by atoms with van der Waals surface area (Å²) in [5.41, 5.74) is 0. The van der Waals surface area contributed by atoms with Crippen molar-refractivity contribution in [3.63, 3.8) is 0 Å². The van der Waals surface area contributed by atoms with E-state index in [0.29, 0.717) is 18.6 Å². The van der Waals surface area contributed by atoms with Crippen LogP contribution in [0.4, 0.5) is 4.79 Å². The van der Waals surface area contributed by atoms with Gasteiger partial charge in [-0.25, -0.2) is 4.79 Å². The third kappa shape index (κ3) is 2.43. The zero-order chi connectivity index (χ0) is 10.8. The molecule has 2 unspecified atom stereocenters. The zero-order valence-electron chi connectivity index (χ0n) is 9.53. The summed E-state index contributed by atoms with van der Waals surface area (Å²) in [4.78, 5) is 13.4. The highest BCUT2D eigenvalue weighted by atomic mass is 16.6. The smallest absolute Gasteiger partial charge is 0.407 e. The minimum absolute atomic E-state index is 0.235. The Morgan fingerprint density at radius 3 is 2.93 bits per heavy atom. The van der Waals surface area contributed by atoms with Crippen LogP contribution >= 0.6 is 0 Å². The highest BCUT2D eigenvalue weighted by molar-refractivity contribution is 5.69. The lowest BCUT2D eigenvalue weighted by atomic mass is 9.90. The maximum atomic E-state index is 11.0. The summed E-state index contributed by atoms with van der Waals surface area (Å²) in [7, 11) is 0. The SMILES string of the molecule is CC(C)N1CCCC(C2COC(=O)N2)C1. The van der Waals surface area contributed by atoms with Gasteiger partial charge in [0.25, 0.3) is 0 Å². The normalized spacial score (nSPS) is 32.9. The second-order valence-electron chi connectivity index (χ2n) is 4.84. The van der Waals surface area contributed by atoms with Crippen LogP contribution in [-0.4, -0.2) is 42.8 Å². The average Bonchev–Trinajstić information content (AvgIpc) is 2.65. The van der Waals surface area contributed by atoms with E-state index in [1.807, 2.05) is 0 Å². The van der Waals surface area contributed by atoms with Crippen molar-refractivity contribution in [2.24, 2.45) is 5.92 Å². The number of alkyl carbamates (subject to hydrolysis) is 1. The van der Waals surface area contributed by atoms with Crippen molar-refractivity contribution in [2.75, 3.05) is 19.7 Å². The van der Waals surface area contributed by atoms with Crippen LogP contribution in [0.2, 0.25) is 0 Å². The van der Waals surface area contributed by atoms with E-state index < -0.39 is 0 Å². The number of piperidine rings is 1. The fraction of sp³-hybridized carbons (Fsp3) is 0.909. The number of hydrogen-bond donors (Lipinski definition) is 1. The number of nitrogens with one attached hydrogen (secondary N) is 1. The van der Waals surface area contributed by atoms with Gasteiger partial charge in [0.2, 0.25) is 0 Å². The molecule has 0 aromatic rings. The van der Waals surface area contributed by atoms with Crippen molar-refractivity contribution in [1.82, 2.24) is 10.2 Å². The fourth-order valence-corrected chi connectivity index (χ4v) is 2.49. The molecule has 2 fully saturated rings. The Labute approximate surface area is 91.0 Å². The molecule has 1 amide bonds. The number of hydrogen-bond acceptors (Lipinski definition) is 3. The summed E-state index contributed by atoms with van der Waals surface area (Å²) in [5, 5.41) is 2.90. The summed E-state index contributed by atoms with van der Waals surface area (Å²) in [5.74, 6) is 0.563. The number of carbonyl (C=O) groups excluding carboxylic acids is 1. The molecule has 2 saturated heterocycles. The van der Waals surface area contributed by atoms with Gasteiger partial charge < -0.3 is 15.0 Å². The van der Waals surface area contributed by atoms with Gasteiger partial charge in [0.1, 0.15) is 6.61 Å². The van der Waals surface area contributed by atoms with Crippen molar-refractivity contribution in [3.8, 4) is 0 Å². The molecule has 0 spiro atoms. The van der Waals surface area contributed by atoms with Crippen molar-refractivity contribution >= 4 is 6.09 Å². The predicted octanol–water partition coefficient (Wildman–Crippen LogP) is 1.22. The molecule has 0 bridgehead atoms. The van der Waals surface area contributed by atoms with E-state index in [1.165, 1.54) is 19.4 Å². The van der Waals surface area contributed by atoms with E-state index in [1.54, 1.807) is 0 Å². The molecule has 2 heterocycles. The van der Waals surface area contributed by atoms with Gasteiger partial charge in [0, 0.05) is 12.6 Å². The standard InChI is InChI=1S/C11H20N2O2/c1-8(2)13-5-3-4-9(6-13)10-7-15-11(14)12-10/h8-10H,3-7H2,1-2H3,(H,12,14). The van der Waals surface area contributed by atoms with Crippen LogP contribution in [0.1, 0.15) is 26.7 Å². The van der Waals surface area contributed by atoms with Crippen molar-refractivity contribution < 1.29 is 9.53 Å². The summed E-state index contributed by atoms with van der Waals surface area (Å²) in [6, 6.07) is 0.838. The minimum Gasteiger partial charge on any atom is -0.447 e. The molecule has 86 valence electrons. The van der Waals surface area contributed by atoms with Gasteiger partial charge in [-0.15, -0.1) is 0 Å². The molecule has 0 aromatic heterocycles. The molecule has 2 atom stereocenters. The molecule has 2 aliphatic heterocycles. The van der Waals surface area contributed by atoms with Crippen LogP contribution in [0, 0.1) is 5.92 Å². The maximum Gasteiger partial charge on any atom is 0.407 e. The topological polar surface area (TPSA) is 41.6 Å². The van der Waals surface area contributed by atoms with E-state index in [9.17, 15) is 4.79 Å². The van der Waals surface area contributed by atoms with E-state index >= 15 is 0 Å². The highest BCUT2D eigenvalue weighted by Crippen LogP contribution is 2.23. The first-order valence-electron chi connectivity index (χ1n) is 5.84. The molecule has 2 aliphatic rings. The Morgan fingerprint density at radius 2 is 2.33 bits per heavy atom. The van der Waals surface area contributed by atoms with Crippen LogP contribution in [0.5, 0.6) is 0 Å². The lowest BCUT2D eigenvalue weighted by molar-refractivity contribution is 0.116. The Balaban J connectivity index is 1.89. The first-order chi connectivity index (χ1) is 7.16. The third-order valence-corrected chi connectivity index (χ3v) is 3.49. The molecule has 1 N–H and O–H groups in total. The van der Waals surface area contributed by atoms with Crippen LogP contribution < -0.4 is 5.32 Å². The number of cyclic esters (lactones) is 1. The average molecular weight is 212 g/mol. The largest absolute Gasteiger partial charge is 0.447 e. The molecule has 0 aliphatic carbocycles. The number of likely N-dealkylation sites (tertiary alicyclic amines) is 1. The first-order valence-corrected chi connectivity index (χ1v) is 5.84. The summed E-state index contributed by atoms with van der Waals surface area (Å²) in [6.45, 7) is 7.29. The fourth-order valence-electron chi connectivity index (χ4n) is 2.49. The Kier molecular flexibility index (Phi) is 3.14. The summed E-state index contributed by atoms with van der Waals surface area (Å²) >= 11 is 0. The predicted molar refractivity (Wildman–Crippen MR) is 57.7 cm³/mol. The van der Waals surface area contributed by atoms with E-state index in [0.717, 1.165) is 6.54 Å². The molecule has 4 nitrogen and oxygen atoms in total. The number of rotatable bonds is 2. The third-order valence-electron chi connectivity index (χ3n) is 3.49. The van der Waals surface area contributed by atoms with Gasteiger partial charge in [-0.05, 0) is 39.2 Å². The minimum atomic E-state index is -0.248. The van der Waals surface area contributed by atoms with Crippen LogP contribution in [0.3, 0.4) is 0 Å². The zero-order valence-corrected chi connectivity index (χ0v) is 9.53. The van der Waals surface area contributed by atoms with Crippen molar-refractivity contribution in [3.05, 3.63) is 0 Å². The van der Waals surface area contributed by atoms with Gasteiger partial charge in [-0.2, -0.15) is 0 Å². The lowest BCUT2D eigenvalue weighted by Gasteiger charge is -2.37. The Morgan fingerprint density at radius 1 is 1.53 bits per heavy atom. The summed E-state index contributed by atoms with van der Waals surface area (Å²) < 4.78 is 4.95. The van der Waals surface area contributed by atoms with Gasteiger partial charge in [-0.3, -0.25) is 0 Å². The highest BCUT2D eigenvalue weighted by Gasteiger charge is 2.33. The molecule has 0 aromatic carbocycles. The molecule has 2 rings (SSSR count). The molecule has 15 heavy (non-hydrogen) atoms. The van der Waals surface area contributed by atoms with Crippen LogP contribution in [-0.2, 0) is 4.74 Å². The molecular weight excluding hydrogens is 192 g/mol. The van der Waals surface area contributed by atoms with Gasteiger partial charge in [-0.1, -0.05) is 0 Å². The number of amides is 1. The van der Waals surface area contributed by atoms with E-state index in [4.69, 9.17) is 4.74 Å². The van der Waals surface area contributed by atoms with Gasteiger partial charge in [0.05, 0.1) is 6.04 Å². The molecule has 4 heteroatoms. The molecule has 0 saturated carbocycles. The summed E-state index contributed by atoms with van der Waals surface area (Å²) in [6.07, 6.45) is 2.19. The number of carbonyl (C=O) groups is 1. The van der Waals surface area contributed by atoms with Crippen molar-refractivity contribution in [1.29, 1.82) is 0 Å². The second-order valence-corrected chi connectivity index (χ2v) is 4.84. The first kappa shape index (κ1) is 10.7. The van der Waals surface area contributed by atoms with Crippen LogP contribution in [0.15, 0.2) is 0 Å². The van der Waals surface area contributed by atoms with E-state index in [-0.39, 0.29) is 12.1 Å². The number of ether oxygens (including phenoxy) is 1. The quantitative estimate of drug-likeness (QED) is 0.748.